The molecule has 0 radical (unpaired) electrons. The van der Waals surface area contributed by atoms with Crippen LogP contribution >= 0.6 is 11.3 Å². The summed E-state index contributed by atoms with van der Waals surface area (Å²) in [5.41, 5.74) is 0.292. The molecule has 8 heteroatoms. The summed E-state index contributed by atoms with van der Waals surface area (Å²) in [6.45, 7) is 5.67. The van der Waals surface area contributed by atoms with E-state index in [1.54, 1.807) is 37.7 Å². The van der Waals surface area contributed by atoms with Crippen LogP contribution in [0.2, 0.25) is 0 Å². The molecule has 0 saturated heterocycles. The molecule has 1 amide bonds. The molecule has 2 aromatic heterocycles. The Morgan fingerprint density at radius 3 is 2.59 bits per heavy atom. The quantitative estimate of drug-likeness (QED) is 0.641. The van der Waals surface area contributed by atoms with Crippen molar-refractivity contribution in [3.05, 3.63) is 51.2 Å². The van der Waals surface area contributed by atoms with Crippen LogP contribution in [0.3, 0.4) is 0 Å². The number of carbonyl (C=O) groups is 1. The monoisotopic (exact) mass is 320 g/mol. The Morgan fingerprint density at radius 2 is 2.05 bits per heavy atom. The van der Waals surface area contributed by atoms with E-state index in [1.807, 2.05) is 12.1 Å². The van der Waals surface area contributed by atoms with Gasteiger partial charge in [0.05, 0.1) is 17.7 Å². The van der Waals surface area contributed by atoms with Crippen molar-refractivity contribution in [2.24, 2.45) is 10.4 Å². The molecule has 0 aliphatic heterocycles. The van der Waals surface area contributed by atoms with Gasteiger partial charge in [0.2, 0.25) is 0 Å². The Labute approximate surface area is 131 Å². The number of aromatic nitrogens is 2. The van der Waals surface area contributed by atoms with Crippen LogP contribution in [0.15, 0.2) is 35.7 Å². The van der Waals surface area contributed by atoms with Crippen molar-refractivity contribution in [2.75, 3.05) is 0 Å². The van der Waals surface area contributed by atoms with Crippen molar-refractivity contribution >= 4 is 22.2 Å². The van der Waals surface area contributed by atoms with Crippen molar-refractivity contribution in [3.63, 3.8) is 0 Å². The number of rotatable bonds is 3. The first kappa shape index (κ1) is 16.0. The number of nitro groups is 1. The van der Waals surface area contributed by atoms with Crippen LogP contribution in [0, 0.1) is 15.5 Å². The average molecular weight is 320 g/mol. The zero-order chi connectivity index (χ0) is 16.3. The van der Waals surface area contributed by atoms with Crippen LogP contribution in [0.25, 0.3) is 0 Å². The smallest absolute Gasteiger partial charge is 0.312 e. The fourth-order valence-electron chi connectivity index (χ4n) is 1.59. The second kappa shape index (κ2) is 6.18. The fraction of sp³-hybridized carbons (Fsp3) is 0.357. The highest BCUT2D eigenvalue weighted by molar-refractivity contribution is 7.12. The Kier molecular flexibility index (Phi) is 4.51. The number of nitrogens with zero attached hydrogens (tertiary/aromatic N) is 4. The molecule has 7 nitrogen and oxygen atoms in total. The summed E-state index contributed by atoms with van der Waals surface area (Å²) in [5.74, 6) is -0.312. The van der Waals surface area contributed by atoms with E-state index in [1.165, 1.54) is 6.20 Å². The van der Waals surface area contributed by atoms with Gasteiger partial charge in [0.15, 0.2) is 4.80 Å². The van der Waals surface area contributed by atoms with E-state index in [4.69, 9.17) is 0 Å². The highest BCUT2D eigenvalue weighted by Gasteiger charge is 2.22. The molecule has 0 fully saturated rings. The summed E-state index contributed by atoms with van der Waals surface area (Å²) < 4.78 is 1.61. The van der Waals surface area contributed by atoms with E-state index in [0.29, 0.717) is 11.3 Å². The van der Waals surface area contributed by atoms with Gasteiger partial charge in [0, 0.05) is 17.8 Å². The Morgan fingerprint density at radius 1 is 1.41 bits per heavy atom. The molecule has 0 aliphatic carbocycles. The molecule has 0 spiro atoms. The third-order valence-corrected chi connectivity index (χ3v) is 3.80. The molecule has 0 aliphatic rings. The van der Waals surface area contributed by atoms with Crippen molar-refractivity contribution in [2.45, 2.75) is 27.3 Å². The largest absolute Gasteiger partial charge is 0.343 e. The van der Waals surface area contributed by atoms with E-state index in [-0.39, 0.29) is 10.9 Å². The summed E-state index contributed by atoms with van der Waals surface area (Å²) in [4.78, 5) is 30.9. The van der Waals surface area contributed by atoms with Gasteiger partial charge < -0.3 is 4.57 Å². The molecule has 2 rings (SSSR count). The Hall–Kier alpha value is -2.35. The first-order valence-electron chi connectivity index (χ1n) is 6.60. The van der Waals surface area contributed by atoms with Crippen LogP contribution in [-0.4, -0.2) is 20.4 Å². The van der Waals surface area contributed by atoms with Crippen molar-refractivity contribution in [3.8, 4) is 0 Å². The lowest BCUT2D eigenvalue weighted by atomic mass is 9.96. The summed E-state index contributed by atoms with van der Waals surface area (Å²) in [7, 11) is 0. The third kappa shape index (κ3) is 3.85. The van der Waals surface area contributed by atoms with Crippen LogP contribution in [0.1, 0.15) is 26.3 Å². The van der Waals surface area contributed by atoms with Crippen LogP contribution in [-0.2, 0) is 11.3 Å². The highest BCUT2D eigenvalue weighted by Crippen LogP contribution is 2.18. The van der Waals surface area contributed by atoms with E-state index < -0.39 is 10.3 Å². The maximum atomic E-state index is 12.1. The lowest BCUT2D eigenvalue weighted by Crippen LogP contribution is -2.23. The molecule has 116 valence electrons. The zero-order valence-corrected chi connectivity index (χ0v) is 13.3. The molecule has 0 atom stereocenters. The van der Waals surface area contributed by atoms with E-state index >= 15 is 0 Å². The van der Waals surface area contributed by atoms with Gasteiger partial charge in [-0.1, -0.05) is 20.8 Å². The summed E-state index contributed by atoms with van der Waals surface area (Å²) in [6.07, 6.45) is 4.70. The van der Waals surface area contributed by atoms with Crippen LogP contribution < -0.4 is 4.80 Å². The molecule has 0 N–H and O–H groups in total. The topological polar surface area (TPSA) is 90.4 Å². The average Bonchev–Trinajstić information content (AvgIpc) is 2.82. The molecule has 0 bridgehead atoms. The SMILES string of the molecule is CC(C)(C)C(=O)N=c1sc([N+](=O)[O-])cn1Cc1ccncc1. The summed E-state index contributed by atoms with van der Waals surface area (Å²) in [5, 5.41) is 10.9. The number of thiazole rings is 1. The standard InChI is InChI=1S/C14H16N4O3S/c1-14(2,3)12(19)16-13-17(9-11(22-13)18(20)21)8-10-4-6-15-7-5-10/h4-7,9H,8H2,1-3H3. The molecule has 0 saturated carbocycles. The zero-order valence-electron chi connectivity index (χ0n) is 12.5. The lowest BCUT2D eigenvalue weighted by Gasteiger charge is -2.11. The lowest BCUT2D eigenvalue weighted by molar-refractivity contribution is -0.380. The Balaban J connectivity index is 2.46. The second-order valence-electron chi connectivity index (χ2n) is 5.76. The molecule has 0 unspecified atom stereocenters. The van der Waals surface area contributed by atoms with Crippen molar-refractivity contribution < 1.29 is 9.72 Å². The van der Waals surface area contributed by atoms with Gasteiger partial charge in [-0.05, 0) is 29.0 Å². The number of pyridine rings is 1. The van der Waals surface area contributed by atoms with Crippen molar-refractivity contribution in [1.82, 2.24) is 9.55 Å². The molecule has 22 heavy (non-hydrogen) atoms. The van der Waals surface area contributed by atoms with Gasteiger partial charge in [-0.3, -0.25) is 19.9 Å². The predicted octanol–water partition coefficient (Wildman–Crippen LogP) is 2.37. The minimum atomic E-state index is -0.632. The molecule has 0 aromatic carbocycles. The number of carbonyl (C=O) groups excluding carboxylic acids is 1. The molecule has 2 heterocycles. The van der Waals surface area contributed by atoms with Gasteiger partial charge in [-0.25, -0.2) is 0 Å². The van der Waals surface area contributed by atoms with Gasteiger partial charge in [0.1, 0.15) is 0 Å². The molecule has 2 aromatic rings. The number of hydrogen-bond donors (Lipinski definition) is 0. The van der Waals surface area contributed by atoms with Crippen molar-refractivity contribution in [1.29, 1.82) is 0 Å². The summed E-state index contributed by atoms with van der Waals surface area (Å²) in [6, 6.07) is 3.62. The summed E-state index contributed by atoms with van der Waals surface area (Å²) >= 11 is 0.892. The highest BCUT2D eigenvalue weighted by atomic mass is 32.1. The van der Waals surface area contributed by atoms with E-state index in [2.05, 4.69) is 9.98 Å². The Bertz CT molecular complexity index is 756. The third-order valence-electron chi connectivity index (χ3n) is 2.83. The number of hydrogen-bond acceptors (Lipinski definition) is 5. The van der Waals surface area contributed by atoms with Gasteiger partial charge in [-0.2, -0.15) is 4.99 Å². The molecular weight excluding hydrogens is 304 g/mol. The van der Waals surface area contributed by atoms with Gasteiger partial charge in [-0.15, -0.1) is 0 Å². The van der Waals surface area contributed by atoms with Gasteiger partial charge in [0.25, 0.3) is 5.91 Å². The first-order valence-corrected chi connectivity index (χ1v) is 7.42. The predicted molar refractivity (Wildman–Crippen MR) is 82.3 cm³/mol. The maximum absolute atomic E-state index is 12.1. The second-order valence-corrected chi connectivity index (χ2v) is 6.75. The van der Waals surface area contributed by atoms with Gasteiger partial charge >= 0.3 is 5.00 Å². The molecular formula is C14H16N4O3S. The van der Waals surface area contributed by atoms with E-state index in [9.17, 15) is 14.9 Å². The normalized spacial score (nSPS) is 12.4. The maximum Gasteiger partial charge on any atom is 0.343 e. The fourth-order valence-corrected chi connectivity index (χ4v) is 2.40. The minimum Gasteiger partial charge on any atom is -0.312 e. The van der Waals surface area contributed by atoms with Crippen LogP contribution in [0.4, 0.5) is 5.00 Å². The minimum absolute atomic E-state index is 0.0467. The first-order chi connectivity index (χ1) is 10.3. The van der Waals surface area contributed by atoms with Crippen LogP contribution in [0.5, 0.6) is 0 Å². The number of amides is 1. The van der Waals surface area contributed by atoms with E-state index in [0.717, 1.165) is 16.9 Å².